The Balaban J connectivity index is 3.38. The fourth-order valence-electron chi connectivity index (χ4n) is 0.773. The molecule has 64 valence electrons. The molecular weight excluding hydrogens is 232 g/mol. The van der Waals surface area contributed by atoms with Crippen LogP contribution in [-0.4, -0.2) is 11.5 Å². The van der Waals surface area contributed by atoms with Crippen LogP contribution in [0.15, 0.2) is 16.6 Å². The Hall–Kier alpha value is -0.970. The van der Waals surface area contributed by atoms with E-state index in [2.05, 4.69) is 22.6 Å². The molecule has 0 aliphatic rings. The smallest absolute Gasteiger partial charge is 0.288 e. The monoisotopic (exact) mass is 235 g/mol. The third kappa shape index (κ3) is 1.61. The van der Waals surface area contributed by atoms with Crippen molar-refractivity contribution in [2.24, 2.45) is 0 Å². The molecule has 2 nitrogen and oxygen atoms in total. The van der Waals surface area contributed by atoms with Crippen LogP contribution < -0.4 is 0 Å². The molecule has 0 atom stereocenters. The molecule has 0 aliphatic heterocycles. The van der Waals surface area contributed by atoms with Crippen molar-refractivity contribution in [1.29, 1.82) is 0 Å². The topological polar surface area (TPSA) is 26.1 Å². The van der Waals surface area contributed by atoms with E-state index in [1.165, 1.54) is 0 Å². The zero-order valence-corrected chi connectivity index (χ0v) is 7.44. The summed E-state index contributed by atoms with van der Waals surface area (Å²) in [6.07, 6.45) is 0. The van der Waals surface area contributed by atoms with E-state index in [1.54, 1.807) is 0 Å². The Kier molecular flexibility index (Phi) is 2.42. The molecule has 1 rings (SSSR count). The van der Waals surface area contributed by atoms with Crippen LogP contribution in [0.25, 0.3) is 0 Å². The Labute approximate surface area is 75.8 Å². The van der Waals surface area contributed by atoms with Crippen LogP contribution in [0.2, 0.25) is 0 Å². The van der Waals surface area contributed by atoms with Gasteiger partial charge >= 0.3 is 0 Å². The fraction of sp³-hybridized carbons (Fsp3) is 0. The molecule has 0 amide bonds. The Bertz CT molecular complexity index is 317. The second kappa shape index (κ2) is 3.18. The predicted octanol–water partition coefficient (Wildman–Crippen LogP) is 2.57. The molecule has 0 fully saturated rings. The van der Waals surface area contributed by atoms with Gasteiger partial charge in [-0.2, -0.15) is 13.5 Å². The highest BCUT2D eigenvalue weighted by Crippen LogP contribution is 2.24. The number of hydrogen-bond donors (Lipinski definition) is 0. The van der Waals surface area contributed by atoms with Gasteiger partial charge in [-0.25, -0.2) is 0 Å². The van der Waals surface area contributed by atoms with E-state index >= 15 is 0 Å². The number of halogens is 3. The molecular formula is C7H4BrF2NO. The quantitative estimate of drug-likeness (QED) is 0.318. The zero-order valence-electron chi connectivity index (χ0n) is 5.85. The lowest BCUT2D eigenvalue weighted by atomic mass is 10.3. The summed E-state index contributed by atoms with van der Waals surface area (Å²) in [6.45, 7) is 2.84. The molecule has 0 N–H and O–H groups in total. The van der Waals surface area contributed by atoms with Crippen molar-refractivity contribution in [1.82, 2.24) is 0 Å². The van der Waals surface area contributed by atoms with Gasteiger partial charge in [0.25, 0.3) is 5.69 Å². The van der Waals surface area contributed by atoms with Gasteiger partial charge in [0.05, 0.1) is 0 Å². The van der Waals surface area contributed by atoms with Crippen LogP contribution >= 0.6 is 15.9 Å². The minimum Gasteiger partial charge on any atom is -0.619 e. The van der Waals surface area contributed by atoms with Crippen molar-refractivity contribution >= 4 is 28.3 Å². The summed E-state index contributed by atoms with van der Waals surface area (Å²) in [5.41, 5.74) is -0.682. The summed E-state index contributed by atoms with van der Waals surface area (Å²) in [7, 11) is 0. The molecule has 0 aliphatic carbocycles. The average Bonchev–Trinajstić information content (AvgIpc) is 1.82. The molecule has 1 aromatic rings. The van der Waals surface area contributed by atoms with Gasteiger partial charge in [0.2, 0.25) is 0 Å². The molecule has 0 spiro atoms. The maximum atomic E-state index is 12.8. The third-order valence-corrected chi connectivity index (χ3v) is 1.69. The van der Waals surface area contributed by atoms with Crippen LogP contribution in [0.3, 0.4) is 0 Å². The Morgan fingerprint density at radius 3 is 2.08 bits per heavy atom. The highest BCUT2D eigenvalue weighted by atomic mass is 79.9. The van der Waals surface area contributed by atoms with E-state index in [4.69, 9.17) is 0 Å². The Morgan fingerprint density at radius 1 is 1.33 bits per heavy atom. The van der Waals surface area contributed by atoms with Crippen molar-refractivity contribution < 1.29 is 13.5 Å². The number of benzene rings is 1. The SMILES string of the molecule is C=[N+]([O-])c1c(F)cc(Br)cc1F. The van der Waals surface area contributed by atoms with Crippen LogP contribution in [0, 0.1) is 16.8 Å². The minimum atomic E-state index is -0.938. The molecule has 0 heterocycles. The van der Waals surface area contributed by atoms with Crippen molar-refractivity contribution in [3.05, 3.63) is 33.4 Å². The van der Waals surface area contributed by atoms with Gasteiger partial charge in [0.15, 0.2) is 11.6 Å². The minimum absolute atomic E-state index is 0.100. The van der Waals surface area contributed by atoms with Gasteiger partial charge in [0.1, 0.15) is 6.72 Å². The molecule has 5 heteroatoms. The largest absolute Gasteiger partial charge is 0.619 e. The summed E-state index contributed by atoms with van der Waals surface area (Å²) in [5, 5.41) is 10.5. The highest BCUT2D eigenvalue weighted by Gasteiger charge is 2.16. The van der Waals surface area contributed by atoms with Gasteiger partial charge in [-0.15, -0.1) is 0 Å². The lowest BCUT2D eigenvalue weighted by Crippen LogP contribution is -1.97. The summed E-state index contributed by atoms with van der Waals surface area (Å²) in [4.78, 5) is 0. The van der Waals surface area contributed by atoms with Crippen molar-refractivity contribution in [2.75, 3.05) is 0 Å². The Morgan fingerprint density at radius 2 is 1.75 bits per heavy atom. The van der Waals surface area contributed by atoms with Gasteiger partial charge in [-0.1, -0.05) is 15.9 Å². The standard InChI is InChI=1S/C7H4BrF2NO/c1-11(12)7-5(9)2-4(8)3-6(7)10/h2-3H,1H2. The maximum Gasteiger partial charge on any atom is 0.288 e. The predicted molar refractivity (Wildman–Crippen MR) is 44.5 cm³/mol. The lowest BCUT2D eigenvalue weighted by molar-refractivity contribution is -0.355. The summed E-state index contributed by atoms with van der Waals surface area (Å²) in [6, 6.07) is 1.99. The number of hydrogen-bond acceptors (Lipinski definition) is 1. The molecule has 0 bridgehead atoms. The van der Waals surface area contributed by atoms with E-state index in [0.717, 1.165) is 12.1 Å². The average molecular weight is 236 g/mol. The lowest BCUT2D eigenvalue weighted by Gasteiger charge is -2.02. The van der Waals surface area contributed by atoms with Crippen LogP contribution in [-0.2, 0) is 0 Å². The molecule has 0 radical (unpaired) electrons. The first-order valence-corrected chi connectivity index (χ1v) is 3.74. The van der Waals surface area contributed by atoms with Gasteiger partial charge in [-0.05, 0) is 12.1 Å². The van der Waals surface area contributed by atoms with Crippen molar-refractivity contribution in [3.8, 4) is 0 Å². The van der Waals surface area contributed by atoms with Crippen LogP contribution in [0.4, 0.5) is 14.5 Å². The van der Waals surface area contributed by atoms with Crippen molar-refractivity contribution in [2.45, 2.75) is 0 Å². The van der Waals surface area contributed by atoms with E-state index in [9.17, 15) is 14.0 Å². The second-order valence-electron chi connectivity index (χ2n) is 2.10. The molecule has 1 aromatic carbocycles. The molecule has 0 aromatic heterocycles. The molecule has 0 unspecified atom stereocenters. The van der Waals surface area contributed by atoms with Crippen LogP contribution in [0.5, 0.6) is 0 Å². The van der Waals surface area contributed by atoms with Crippen LogP contribution in [0.1, 0.15) is 0 Å². The summed E-state index contributed by atoms with van der Waals surface area (Å²) < 4.78 is 25.8. The molecule has 0 saturated carbocycles. The second-order valence-corrected chi connectivity index (χ2v) is 3.01. The van der Waals surface area contributed by atoms with E-state index < -0.39 is 17.3 Å². The first-order valence-electron chi connectivity index (χ1n) is 2.94. The third-order valence-electron chi connectivity index (χ3n) is 1.23. The maximum absolute atomic E-state index is 12.8. The summed E-state index contributed by atoms with van der Waals surface area (Å²) in [5.74, 6) is -1.88. The van der Waals surface area contributed by atoms with E-state index in [0.29, 0.717) is 0 Å². The fourth-order valence-corrected chi connectivity index (χ4v) is 1.17. The first kappa shape index (κ1) is 9.12. The normalized spacial score (nSPS) is 9.92. The molecule has 0 saturated heterocycles. The summed E-state index contributed by atoms with van der Waals surface area (Å²) >= 11 is 2.88. The van der Waals surface area contributed by atoms with Gasteiger partial charge in [0, 0.05) is 4.47 Å². The van der Waals surface area contributed by atoms with E-state index in [1.807, 2.05) is 0 Å². The van der Waals surface area contributed by atoms with Gasteiger partial charge < -0.3 is 5.21 Å². The number of nitrogens with zero attached hydrogens (tertiary/aromatic N) is 1. The number of rotatable bonds is 1. The molecule has 12 heavy (non-hydrogen) atoms. The highest BCUT2D eigenvalue weighted by molar-refractivity contribution is 9.10. The van der Waals surface area contributed by atoms with E-state index in [-0.39, 0.29) is 9.21 Å². The van der Waals surface area contributed by atoms with Gasteiger partial charge in [-0.3, -0.25) is 0 Å². The van der Waals surface area contributed by atoms with Crippen molar-refractivity contribution in [3.63, 3.8) is 0 Å². The first-order chi connectivity index (χ1) is 5.52. The zero-order chi connectivity index (χ0) is 9.30.